The van der Waals surface area contributed by atoms with Gasteiger partial charge in [-0.3, -0.25) is 14.1 Å². The number of para-hydroxylation sites is 1. The highest BCUT2D eigenvalue weighted by molar-refractivity contribution is 7.15. The lowest BCUT2D eigenvalue weighted by molar-refractivity contribution is 0.102. The van der Waals surface area contributed by atoms with E-state index in [1.165, 1.54) is 11.9 Å². The van der Waals surface area contributed by atoms with E-state index in [0.717, 1.165) is 48.9 Å². The van der Waals surface area contributed by atoms with Gasteiger partial charge in [0.25, 0.3) is 5.91 Å². The standard InChI is InChI=1S/C21H22N6O2S/c1-14-17(10-23-29-14)20(28)24-18-5-3-2-4-16(18)19-12-27-15(13-30-21(27)25-19)11-26-8-6-22-7-9-26/h2-5,10,12-13,22H,6-9,11H2,1H3,(H,24,28). The molecule has 1 saturated heterocycles. The van der Waals surface area contributed by atoms with Crippen molar-refractivity contribution in [3.8, 4) is 11.3 Å². The van der Waals surface area contributed by atoms with Gasteiger partial charge in [0.15, 0.2) is 4.96 Å². The van der Waals surface area contributed by atoms with Gasteiger partial charge in [-0.25, -0.2) is 4.98 Å². The van der Waals surface area contributed by atoms with Crippen LogP contribution in [0.25, 0.3) is 16.2 Å². The van der Waals surface area contributed by atoms with Crippen molar-refractivity contribution in [3.05, 3.63) is 59.1 Å². The second-order valence-electron chi connectivity index (χ2n) is 7.33. The Balaban J connectivity index is 1.43. The van der Waals surface area contributed by atoms with Crippen LogP contribution in [0.2, 0.25) is 0 Å². The van der Waals surface area contributed by atoms with Crippen LogP contribution in [-0.2, 0) is 6.54 Å². The second kappa shape index (κ2) is 8.02. The summed E-state index contributed by atoms with van der Waals surface area (Å²) in [4.78, 5) is 20.8. The van der Waals surface area contributed by atoms with Crippen LogP contribution < -0.4 is 10.6 Å². The maximum atomic E-state index is 12.6. The van der Waals surface area contributed by atoms with Crippen molar-refractivity contribution in [2.75, 3.05) is 31.5 Å². The molecule has 0 aliphatic carbocycles. The highest BCUT2D eigenvalue weighted by atomic mass is 32.1. The van der Waals surface area contributed by atoms with Crippen LogP contribution >= 0.6 is 11.3 Å². The molecule has 0 atom stereocenters. The smallest absolute Gasteiger partial charge is 0.260 e. The minimum Gasteiger partial charge on any atom is -0.361 e. The molecule has 30 heavy (non-hydrogen) atoms. The lowest BCUT2D eigenvalue weighted by Crippen LogP contribution is -2.43. The van der Waals surface area contributed by atoms with Crippen molar-refractivity contribution in [2.45, 2.75) is 13.5 Å². The summed E-state index contributed by atoms with van der Waals surface area (Å²) in [5.74, 6) is 0.242. The molecule has 0 saturated carbocycles. The van der Waals surface area contributed by atoms with E-state index in [-0.39, 0.29) is 5.91 Å². The molecule has 1 aliphatic heterocycles. The number of nitrogens with one attached hydrogen (secondary N) is 2. The summed E-state index contributed by atoms with van der Waals surface area (Å²) in [6.07, 6.45) is 3.49. The molecular weight excluding hydrogens is 400 g/mol. The summed E-state index contributed by atoms with van der Waals surface area (Å²) in [7, 11) is 0. The van der Waals surface area contributed by atoms with Gasteiger partial charge in [0.2, 0.25) is 0 Å². The number of imidazole rings is 1. The molecule has 0 radical (unpaired) electrons. The number of aromatic nitrogens is 3. The third-order valence-electron chi connectivity index (χ3n) is 5.33. The van der Waals surface area contributed by atoms with Crippen molar-refractivity contribution >= 4 is 27.9 Å². The molecule has 0 bridgehead atoms. The number of carbonyl (C=O) groups excluding carboxylic acids is 1. The number of carbonyl (C=O) groups is 1. The number of fused-ring (bicyclic) bond motifs is 1. The number of aryl methyl sites for hydroxylation is 1. The zero-order valence-electron chi connectivity index (χ0n) is 16.6. The van der Waals surface area contributed by atoms with Gasteiger partial charge in [-0.05, 0) is 13.0 Å². The zero-order valence-corrected chi connectivity index (χ0v) is 17.4. The maximum absolute atomic E-state index is 12.6. The van der Waals surface area contributed by atoms with E-state index in [9.17, 15) is 4.79 Å². The molecule has 2 N–H and O–H groups in total. The lowest BCUT2D eigenvalue weighted by atomic mass is 10.1. The molecule has 0 spiro atoms. The molecule has 1 aromatic carbocycles. The van der Waals surface area contributed by atoms with Gasteiger partial charge >= 0.3 is 0 Å². The molecule has 154 valence electrons. The average molecular weight is 423 g/mol. The van der Waals surface area contributed by atoms with Gasteiger partial charge in [0.05, 0.1) is 17.6 Å². The molecule has 1 aliphatic rings. The number of hydrogen-bond donors (Lipinski definition) is 2. The number of rotatable bonds is 5. The minimum atomic E-state index is -0.249. The molecule has 4 heterocycles. The highest BCUT2D eigenvalue weighted by Gasteiger charge is 2.18. The zero-order chi connectivity index (χ0) is 20.5. The summed E-state index contributed by atoms with van der Waals surface area (Å²) in [5.41, 5.74) is 4.08. The van der Waals surface area contributed by atoms with Crippen LogP contribution in [0.1, 0.15) is 21.8 Å². The predicted octanol–water partition coefficient (Wildman–Crippen LogP) is 3.02. The Morgan fingerprint density at radius 3 is 2.93 bits per heavy atom. The van der Waals surface area contributed by atoms with E-state index < -0.39 is 0 Å². The van der Waals surface area contributed by atoms with E-state index >= 15 is 0 Å². The number of piperazine rings is 1. The number of hydrogen-bond acceptors (Lipinski definition) is 7. The Hall–Kier alpha value is -3.01. The Bertz CT molecular complexity index is 1190. The first-order chi connectivity index (χ1) is 14.7. The van der Waals surface area contributed by atoms with E-state index in [1.54, 1.807) is 18.3 Å². The van der Waals surface area contributed by atoms with E-state index in [2.05, 4.69) is 36.7 Å². The third-order valence-corrected chi connectivity index (χ3v) is 6.21. The van der Waals surface area contributed by atoms with Crippen LogP contribution in [0.3, 0.4) is 0 Å². The highest BCUT2D eigenvalue weighted by Crippen LogP contribution is 2.30. The molecule has 1 amide bonds. The van der Waals surface area contributed by atoms with Crippen molar-refractivity contribution in [1.29, 1.82) is 0 Å². The van der Waals surface area contributed by atoms with Crippen LogP contribution in [0.15, 0.2) is 46.6 Å². The van der Waals surface area contributed by atoms with Gasteiger partial charge in [0, 0.05) is 55.6 Å². The fraction of sp³-hybridized carbons (Fsp3) is 0.286. The Morgan fingerprint density at radius 1 is 1.30 bits per heavy atom. The predicted molar refractivity (Wildman–Crippen MR) is 116 cm³/mol. The number of benzene rings is 1. The van der Waals surface area contributed by atoms with Crippen LogP contribution in [0.4, 0.5) is 5.69 Å². The number of amides is 1. The topological polar surface area (TPSA) is 87.7 Å². The molecule has 1 fully saturated rings. The number of nitrogens with zero attached hydrogens (tertiary/aromatic N) is 4. The summed E-state index contributed by atoms with van der Waals surface area (Å²) in [6.45, 7) is 6.79. The summed E-state index contributed by atoms with van der Waals surface area (Å²) < 4.78 is 7.17. The van der Waals surface area contributed by atoms with Crippen molar-refractivity contribution < 1.29 is 9.32 Å². The molecule has 3 aromatic heterocycles. The Labute approximate surface area is 177 Å². The average Bonchev–Trinajstić information content (AvgIpc) is 3.46. The Kier molecular flexibility index (Phi) is 5.07. The quantitative estimate of drug-likeness (QED) is 0.514. The van der Waals surface area contributed by atoms with Crippen molar-refractivity contribution in [2.24, 2.45) is 0 Å². The monoisotopic (exact) mass is 422 g/mol. The summed E-state index contributed by atoms with van der Waals surface area (Å²) in [5, 5.41) is 12.2. The van der Waals surface area contributed by atoms with E-state index in [0.29, 0.717) is 17.0 Å². The first kappa shape index (κ1) is 19.0. The number of anilines is 1. The first-order valence-electron chi connectivity index (χ1n) is 9.89. The van der Waals surface area contributed by atoms with Gasteiger partial charge in [-0.1, -0.05) is 23.4 Å². The van der Waals surface area contributed by atoms with Gasteiger partial charge in [-0.2, -0.15) is 0 Å². The normalized spacial score (nSPS) is 15.0. The molecule has 8 nitrogen and oxygen atoms in total. The lowest BCUT2D eigenvalue weighted by Gasteiger charge is -2.26. The Morgan fingerprint density at radius 2 is 2.13 bits per heavy atom. The second-order valence-corrected chi connectivity index (χ2v) is 8.16. The molecular formula is C21H22N6O2S. The molecule has 9 heteroatoms. The molecule has 5 rings (SSSR count). The first-order valence-corrected chi connectivity index (χ1v) is 10.8. The van der Waals surface area contributed by atoms with Crippen LogP contribution in [0.5, 0.6) is 0 Å². The fourth-order valence-corrected chi connectivity index (χ4v) is 4.56. The van der Waals surface area contributed by atoms with Gasteiger partial charge in [-0.15, -0.1) is 11.3 Å². The van der Waals surface area contributed by atoms with Crippen LogP contribution in [0, 0.1) is 6.92 Å². The van der Waals surface area contributed by atoms with E-state index in [4.69, 9.17) is 9.51 Å². The van der Waals surface area contributed by atoms with E-state index in [1.807, 2.05) is 24.3 Å². The third kappa shape index (κ3) is 3.62. The molecule has 4 aromatic rings. The SMILES string of the molecule is Cc1oncc1C(=O)Nc1ccccc1-c1cn2c(CN3CCNCC3)csc2n1. The van der Waals surface area contributed by atoms with Gasteiger partial charge in [0.1, 0.15) is 11.3 Å². The number of thiazole rings is 1. The van der Waals surface area contributed by atoms with Crippen molar-refractivity contribution in [3.63, 3.8) is 0 Å². The maximum Gasteiger partial charge on any atom is 0.260 e. The summed E-state index contributed by atoms with van der Waals surface area (Å²) in [6, 6.07) is 7.70. The largest absolute Gasteiger partial charge is 0.361 e. The summed E-state index contributed by atoms with van der Waals surface area (Å²) >= 11 is 1.64. The van der Waals surface area contributed by atoms with Gasteiger partial charge < -0.3 is 15.2 Å². The molecule has 0 unspecified atom stereocenters. The fourth-order valence-electron chi connectivity index (χ4n) is 3.69. The van der Waals surface area contributed by atoms with Crippen molar-refractivity contribution in [1.82, 2.24) is 24.8 Å². The van der Waals surface area contributed by atoms with Crippen LogP contribution in [-0.4, -0.2) is 51.5 Å². The minimum absolute atomic E-state index is 0.249.